The van der Waals surface area contributed by atoms with E-state index < -0.39 is 10.0 Å². The number of amides is 1. The van der Waals surface area contributed by atoms with Crippen LogP contribution >= 0.6 is 0 Å². The average molecular weight is 375 g/mol. The molecule has 2 aromatic rings. The van der Waals surface area contributed by atoms with E-state index in [0.29, 0.717) is 24.6 Å². The highest BCUT2D eigenvalue weighted by Crippen LogP contribution is 2.21. The number of carbonyl (C=O) groups is 1. The van der Waals surface area contributed by atoms with E-state index in [2.05, 4.69) is 19.2 Å². The summed E-state index contributed by atoms with van der Waals surface area (Å²) in [6.07, 6.45) is 1.81. The van der Waals surface area contributed by atoms with Crippen molar-refractivity contribution >= 4 is 21.6 Å². The lowest BCUT2D eigenvalue weighted by atomic mass is 10.0. The van der Waals surface area contributed by atoms with Crippen LogP contribution in [0.25, 0.3) is 0 Å². The summed E-state index contributed by atoms with van der Waals surface area (Å²) >= 11 is 0. The fraction of sp³-hybridized carbons (Fsp3) is 0.350. The van der Waals surface area contributed by atoms with Gasteiger partial charge in [0.15, 0.2) is 0 Å². The molecular formula is C20H26N2O3S. The zero-order chi connectivity index (χ0) is 19.2. The van der Waals surface area contributed by atoms with E-state index in [1.807, 2.05) is 42.5 Å². The van der Waals surface area contributed by atoms with Gasteiger partial charge < -0.3 is 5.32 Å². The fourth-order valence-electron chi connectivity index (χ4n) is 2.60. The van der Waals surface area contributed by atoms with E-state index in [-0.39, 0.29) is 12.5 Å². The Labute approximate surface area is 156 Å². The largest absolute Gasteiger partial charge is 0.354 e. The van der Waals surface area contributed by atoms with E-state index in [1.54, 1.807) is 12.1 Å². The number of hydrogen-bond donors (Lipinski definition) is 1. The van der Waals surface area contributed by atoms with Gasteiger partial charge in [-0.2, -0.15) is 0 Å². The van der Waals surface area contributed by atoms with E-state index in [4.69, 9.17) is 0 Å². The minimum Gasteiger partial charge on any atom is -0.354 e. The highest BCUT2D eigenvalue weighted by atomic mass is 32.2. The van der Waals surface area contributed by atoms with Crippen LogP contribution in [-0.2, 0) is 21.2 Å². The van der Waals surface area contributed by atoms with E-state index in [1.165, 1.54) is 0 Å². The van der Waals surface area contributed by atoms with Crippen LogP contribution < -0.4 is 9.62 Å². The molecule has 0 aliphatic rings. The number of rotatable bonds is 8. The van der Waals surface area contributed by atoms with Gasteiger partial charge in [-0.25, -0.2) is 8.42 Å². The van der Waals surface area contributed by atoms with Gasteiger partial charge in [0.05, 0.1) is 11.9 Å². The van der Waals surface area contributed by atoms with Gasteiger partial charge in [0.1, 0.15) is 6.54 Å². The zero-order valence-corrected chi connectivity index (χ0v) is 16.3. The van der Waals surface area contributed by atoms with Gasteiger partial charge in [0.2, 0.25) is 15.9 Å². The quantitative estimate of drug-likeness (QED) is 0.772. The minimum absolute atomic E-state index is 0.228. The third-order valence-corrected chi connectivity index (χ3v) is 5.25. The van der Waals surface area contributed by atoms with Crippen LogP contribution in [0.1, 0.15) is 30.9 Å². The molecule has 0 heterocycles. The summed E-state index contributed by atoms with van der Waals surface area (Å²) < 4.78 is 25.4. The molecule has 0 aromatic heterocycles. The standard InChI is InChI=1S/C20H26N2O3S/c1-16(2)18-9-11-19(12-10-18)22(26(3,24)25)15-20(23)21-14-13-17-7-5-4-6-8-17/h4-12,16H,13-15H2,1-3H3,(H,21,23). The minimum atomic E-state index is -3.55. The normalized spacial score (nSPS) is 11.4. The van der Waals surface area contributed by atoms with Crippen LogP contribution in [0.5, 0.6) is 0 Å². The summed E-state index contributed by atoms with van der Waals surface area (Å²) in [4.78, 5) is 12.2. The van der Waals surface area contributed by atoms with Crippen molar-refractivity contribution in [3.05, 3.63) is 65.7 Å². The van der Waals surface area contributed by atoms with Crippen molar-refractivity contribution in [1.82, 2.24) is 5.32 Å². The van der Waals surface area contributed by atoms with Gasteiger partial charge in [0, 0.05) is 6.54 Å². The Morgan fingerprint density at radius 1 is 1.04 bits per heavy atom. The molecule has 0 atom stereocenters. The van der Waals surface area contributed by atoms with E-state index >= 15 is 0 Å². The van der Waals surface area contributed by atoms with Gasteiger partial charge in [0.25, 0.3) is 0 Å². The smallest absolute Gasteiger partial charge is 0.240 e. The maximum Gasteiger partial charge on any atom is 0.240 e. The number of nitrogens with one attached hydrogen (secondary N) is 1. The molecule has 1 N–H and O–H groups in total. The van der Waals surface area contributed by atoms with Crippen LogP contribution in [0.3, 0.4) is 0 Å². The molecule has 26 heavy (non-hydrogen) atoms. The third-order valence-electron chi connectivity index (χ3n) is 4.11. The molecule has 2 rings (SSSR count). The Morgan fingerprint density at radius 2 is 1.65 bits per heavy atom. The Bertz CT molecular complexity index is 816. The Hall–Kier alpha value is -2.34. The van der Waals surface area contributed by atoms with Gasteiger partial charge in [-0.05, 0) is 35.6 Å². The van der Waals surface area contributed by atoms with Crippen molar-refractivity contribution in [2.24, 2.45) is 0 Å². The second-order valence-corrected chi connectivity index (χ2v) is 8.51. The average Bonchev–Trinajstić information content (AvgIpc) is 2.60. The molecule has 0 aliphatic heterocycles. The maximum atomic E-state index is 12.2. The maximum absolute atomic E-state index is 12.2. The SMILES string of the molecule is CC(C)c1ccc(N(CC(=O)NCCc2ccccc2)S(C)(=O)=O)cc1. The molecule has 0 unspecified atom stereocenters. The summed E-state index contributed by atoms with van der Waals surface area (Å²) in [6, 6.07) is 17.1. The predicted octanol–water partition coefficient (Wildman–Crippen LogP) is 2.93. The Balaban J connectivity index is 2.00. The molecule has 0 spiro atoms. The zero-order valence-electron chi connectivity index (χ0n) is 15.5. The highest BCUT2D eigenvalue weighted by Gasteiger charge is 2.20. The molecule has 0 radical (unpaired) electrons. The summed E-state index contributed by atoms with van der Waals surface area (Å²) in [5.41, 5.74) is 2.74. The van der Waals surface area contributed by atoms with Crippen molar-refractivity contribution in [2.45, 2.75) is 26.2 Å². The first-order valence-electron chi connectivity index (χ1n) is 8.65. The number of benzene rings is 2. The molecule has 1 amide bonds. The summed E-state index contributed by atoms with van der Waals surface area (Å²) in [6.45, 7) is 4.38. The number of hydrogen-bond acceptors (Lipinski definition) is 3. The monoisotopic (exact) mass is 374 g/mol. The van der Waals surface area contributed by atoms with Crippen LogP contribution in [0, 0.1) is 0 Å². The molecule has 0 bridgehead atoms. The second-order valence-electron chi connectivity index (χ2n) is 6.60. The third kappa shape index (κ3) is 5.88. The molecular weight excluding hydrogens is 348 g/mol. The lowest BCUT2D eigenvalue weighted by Crippen LogP contribution is -2.40. The number of carbonyl (C=O) groups excluding carboxylic acids is 1. The molecule has 5 nitrogen and oxygen atoms in total. The van der Waals surface area contributed by atoms with Crippen LogP contribution in [0.15, 0.2) is 54.6 Å². The van der Waals surface area contributed by atoms with E-state index in [0.717, 1.165) is 21.7 Å². The van der Waals surface area contributed by atoms with Crippen molar-refractivity contribution in [2.75, 3.05) is 23.7 Å². The number of nitrogens with zero attached hydrogens (tertiary/aromatic N) is 1. The van der Waals surface area contributed by atoms with Crippen molar-refractivity contribution in [3.8, 4) is 0 Å². The highest BCUT2D eigenvalue weighted by molar-refractivity contribution is 7.92. The first kappa shape index (κ1) is 20.0. The molecule has 2 aromatic carbocycles. The lowest BCUT2D eigenvalue weighted by Gasteiger charge is -2.22. The van der Waals surface area contributed by atoms with Crippen molar-refractivity contribution in [1.29, 1.82) is 0 Å². The van der Waals surface area contributed by atoms with Crippen molar-refractivity contribution < 1.29 is 13.2 Å². The molecule has 0 aliphatic carbocycles. The second kappa shape index (κ2) is 8.85. The molecule has 0 fully saturated rings. The molecule has 0 saturated carbocycles. The van der Waals surface area contributed by atoms with Crippen LogP contribution in [0.2, 0.25) is 0 Å². The summed E-state index contributed by atoms with van der Waals surface area (Å²) in [5, 5.41) is 2.79. The molecule has 6 heteroatoms. The number of sulfonamides is 1. The van der Waals surface area contributed by atoms with Crippen LogP contribution in [0.4, 0.5) is 5.69 Å². The molecule has 140 valence electrons. The Morgan fingerprint density at radius 3 is 2.19 bits per heavy atom. The Kier molecular flexibility index (Phi) is 6.80. The van der Waals surface area contributed by atoms with E-state index in [9.17, 15) is 13.2 Å². The van der Waals surface area contributed by atoms with Crippen molar-refractivity contribution in [3.63, 3.8) is 0 Å². The van der Waals surface area contributed by atoms with Gasteiger partial charge in [-0.1, -0.05) is 56.3 Å². The lowest BCUT2D eigenvalue weighted by molar-refractivity contribution is -0.119. The fourth-order valence-corrected chi connectivity index (χ4v) is 3.46. The van der Waals surface area contributed by atoms with Gasteiger partial charge in [-0.15, -0.1) is 0 Å². The predicted molar refractivity (Wildman–Crippen MR) is 106 cm³/mol. The summed E-state index contributed by atoms with van der Waals surface area (Å²) in [7, 11) is -3.55. The van der Waals surface area contributed by atoms with Gasteiger partial charge in [-0.3, -0.25) is 9.10 Å². The molecule has 0 saturated heterocycles. The number of anilines is 1. The first-order valence-corrected chi connectivity index (χ1v) is 10.5. The van der Waals surface area contributed by atoms with Crippen LogP contribution in [-0.4, -0.2) is 33.7 Å². The topological polar surface area (TPSA) is 66.5 Å². The first-order chi connectivity index (χ1) is 12.3. The summed E-state index contributed by atoms with van der Waals surface area (Å²) in [5.74, 6) is 0.0383. The van der Waals surface area contributed by atoms with Gasteiger partial charge >= 0.3 is 0 Å².